The zero-order valence-electron chi connectivity index (χ0n) is 12.4. The molecule has 7 nitrogen and oxygen atoms in total. The normalized spacial score (nSPS) is 22.0. The van der Waals surface area contributed by atoms with Crippen molar-refractivity contribution in [3.05, 3.63) is 12.2 Å². The van der Waals surface area contributed by atoms with Crippen LogP contribution in [0.1, 0.15) is 39.9 Å². The third kappa shape index (κ3) is 2.28. The van der Waals surface area contributed by atoms with Crippen molar-refractivity contribution in [3.63, 3.8) is 0 Å². The first kappa shape index (κ1) is 14.5. The summed E-state index contributed by atoms with van der Waals surface area (Å²) in [6, 6.07) is -0.450. The van der Waals surface area contributed by atoms with E-state index in [4.69, 9.17) is 0 Å². The number of nitrogens with zero attached hydrogens (tertiary/aromatic N) is 4. The number of aryl methyl sites for hydroxylation is 1. The Hall–Kier alpha value is -1.92. The summed E-state index contributed by atoms with van der Waals surface area (Å²) >= 11 is 0. The van der Waals surface area contributed by atoms with Gasteiger partial charge in [0.05, 0.1) is 6.54 Å². The highest BCUT2D eigenvalue weighted by molar-refractivity contribution is 5.99. The molecule has 0 bridgehead atoms. The molecule has 1 aliphatic heterocycles. The SMILES string of the molecule is CCC1NC(=O)C(C)(C)N(Cc2ncnn2CC)C1=O. The minimum absolute atomic E-state index is 0.0669. The van der Waals surface area contributed by atoms with E-state index in [2.05, 4.69) is 15.4 Å². The first-order chi connectivity index (χ1) is 9.41. The van der Waals surface area contributed by atoms with E-state index in [1.165, 1.54) is 6.33 Å². The molecule has 2 heterocycles. The molecule has 2 rings (SSSR count). The molecule has 0 aliphatic carbocycles. The third-order valence-corrected chi connectivity index (χ3v) is 3.80. The number of rotatable bonds is 4. The summed E-state index contributed by atoms with van der Waals surface area (Å²) in [7, 11) is 0. The largest absolute Gasteiger partial charge is 0.342 e. The first-order valence-corrected chi connectivity index (χ1v) is 6.90. The number of hydrogen-bond donors (Lipinski definition) is 1. The molecule has 1 aromatic rings. The van der Waals surface area contributed by atoms with Crippen LogP contribution in [0.4, 0.5) is 0 Å². The van der Waals surface area contributed by atoms with Crippen LogP contribution in [0, 0.1) is 0 Å². The molecule has 0 aromatic carbocycles. The van der Waals surface area contributed by atoms with Gasteiger partial charge in [0, 0.05) is 6.54 Å². The quantitative estimate of drug-likeness (QED) is 0.860. The van der Waals surface area contributed by atoms with Crippen LogP contribution in [0.25, 0.3) is 0 Å². The van der Waals surface area contributed by atoms with Gasteiger partial charge in [-0.25, -0.2) is 9.67 Å². The summed E-state index contributed by atoms with van der Waals surface area (Å²) in [5.74, 6) is 0.493. The number of carbonyl (C=O) groups is 2. The van der Waals surface area contributed by atoms with Gasteiger partial charge < -0.3 is 10.2 Å². The van der Waals surface area contributed by atoms with Gasteiger partial charge in [-0.15, -0.1) is 0 Å². The Kier molecular flexibility index (Phi) is 3.78. The number of carbonyl (C=O) groups excluding carboxylic acids is 2. The summed E-state index contributed by atoms with van der Waals surface area (Å²) < 4.78 is 1.73. The Morgan fingerprint density at radius 1 is 1.35 bits per heavy atom. The summed E-state index contributed by atoms with van der Waals surface area (Å²) in [6.07, 6.45) is 2.05. The van der Waals surface area contributed by atoms with E-state index < -0.39 is 11.6 Å². The lowest BCUT2D eigenvalue weighted by Gasteiger charge is -2.43. The number of amides is 2. The molecule has 110 valence electrons. The zero-order valence-corrected chi connectivity index (χ0v) is 12.4. The van der Waals surface area contributed by atoms with Gasteiger partial charge in [-0.2, -0.15) is 5.10 Å². The van der Waals surface area contributed by atoms with Crippen molar-refractivity contribution >= 4 is 11.8 Å². The molecule has 1 aliphatic rings. The van der Waals surface area contributed by atoms with Crippen molar-refractivity contribution < 1.29 is 9.59 Å². The number of piperazine rings is 1. The van der Waals surface area contributed by atoms with E-state index in [0.717, 1.165) is 0 Å². The van der Waals surface area contributed by atoms with Crippen LogP contribution in [0.5, 0.6) is 0 Å². The summed E-state index contributed by atoms with van der Waals surface area (Å²) in [5.41, 5.74) is -0.882. The lowest BCUT2D eigenvalue weighted by molar-refractivity contribution is -0.156. The molecule has 2 amide bonds. The van der Waals surface area contributed by atoms with Crippen molar-refractivity contribution in [2.45, 2.75) is 58.8 Å². The highest BCUT2D eigenvalue weighted by atomic mass is 16.2. The van der Waals surface area contributed by atoms with Gasteiger partial charge in [-0.05, 0) is 27.2 Å². The fourth-order valence-electron chi connectivity index (χ4n) is 2.35. The highest BCUT2D eigenvalue weighted by Crippen LogP contribution is 2.24. The number of hydrogen-bond acceptors (Lipinski definition) is 4. The van der Waals surface area contributed by atoms with E-state index in [1.54, 1.807) is 23.4 Å². The van der Waals surface area contributed by atoms with Crippen LogP contribution in [-0.2, 0) is 22.7 Å². The average Bonchev–Trinajstić information content (AvgIpc) is 2.86. The topological polar surface area (TPSA) is 80.1 Å². The molecule has 0 spiro atoms. The standard InChI is InChI=1S/C13H21N5O2/c1-5-9-11(19)17(13(3,4)12(20)16-9)7-10-14-8-15-18(10)6-2/h8-9H,5-7H2,1-4H3,(H,16,20). The molecule has 1 fully saturated rings. The zero-order chi connectivity index (χ0) is 14.9. The fraction of sp³-hybridized carbons (Fsp3) is 0.692. The summed E-state index contributed by atoms with van der Waals surface area (Å²) in [4.78, 5) is 30.5. The Labute approximate surface area is 118 Å². The average molecular weight is 279 g/mol. The van der Waals surface area contributed by atoms with Crippen LogP contribution in [0.15, 0.2) is 6.33 Å². The van der Waals surface area contributed by atoms with E-state index in [-0.39, 0.29) is 11.8 Å². The van der Waals surface area contributed by atoms with Crippen LogP contribution < -0.4 is 5.32 Å². The monoisotopic (exact) mass is 279 g/mol. The van der Waals surface area contributed by atoms with Crippen LogP contribution in [0.2, 0.25) is 0 Å². The fourth-order valence-corrected chi connectivity index (χ4v) is 2.35. The van der Waals surface area contributed by atoms with Crippen molar-refractivity contribution in [3.8, 4) is 0 Å². The second-order valence-electron chi connectivity index (χ2n) is 5.41. The molecular formula is C13H21N5O2. The number of nitrogens with one attached hydrogen (secondary N) is 1. The molecule has 1 N–H and O–H groups in total. The molecule has 1 saturated heterocycles. The van der Waals surface area contributed by atoms with Gasteiger partial charge in [0.1, 0.15) is 23.7 Å². The Morgan fingerprint density at radius 2 is 2.05 bits per heavy atom. The third-order valence-electron chi connectivity index (χ3n) is 3.80. The van der Waals surface area contributed by atoms with Gasteiger partial charge in [0.25, 0.3) is 0 Å². The van der Waals surface area contributed by atoms with E-state index in [0.29, 0.717) is 25.3 Å². The van der Waals surface area contributed by atoms with Crippen LogP contribution >= 0.6 is 0 Å². The molecule has 0 saturated carbocycles. The lowest BCUT2D eigenvalue weighted by atomic mass is 9.95. The predicted octanol–water partition coefficient (Wildman–Crippen LogP) is 0.314. The van der Waals surface area contributed by atoms with Crippen molar-refractivity contribution in [1.82, 2.24) is 25.0 Å². The van der Waals surface area contributed by atoms with Gasteiger partial charge in [-0.1, -0.05) is 6.92 Å². The van der Waals surface area contributed by atoms with E-state index >= 15 is 0 Å². The summed E-state index contributed by atoms with van der Waals surface area (Å²) in [5, 5.41) is 6.87. The van der Waals surface area contributed by atoms with Gasteiger partial charge in [0.2, 0.25) is 11.8 Å². The molecule has 1 unspecified atom stereocenters. The minimum Gasteiger partial charge on any atom is -0.342 e. The molecule has 1 atom stereocenters. The molecule has 0 radical (unpaired) electrons. The Morgan fingerprint density at radius 3 is 2.65 bits per heavy atom. The second-order valence-corrected chi connectivity index (χ2v) is 5.41. The lowest BCUT2D eigenvalue weighted by Crippen LogP contribution is -2.67. The molecule has 20 heavy (non-hydrogen) atoms. The minimum atomic E-state index is -0.882. The van der Waals surface area contributed by atoms with Gasteiger partial charge in [0.15, 0.2) is 0 Å². The maximum absolute atomic E-state index is 12.5. The Balaban J connectivity index is 2.30. The second kappa shape index (κ2) is 5.22. The van der Waals surface area contributed by atoms with Crippen LogP contribution in [-0.4, -0.2) is 43.1 Å². The highest BCUT2D eigenvalue weighted by Gasteiger charge is 2.46. The van der Waals surface area contributed by atoms with Gasteiger partial charge >= 0.3 is 0 Å². The van der Waals surface area contributed by atoms with Crippen LogP contribution in [0.3, 0.4) is 0 Å². The predicted molar refractivity (Wildman–Crippen MR) is 72.5 cm³/mol. The summed E-state index contributed by atoms with van der Waals surface area (Å²) in [6.45, 7) is 8.32. The molecular weight excluding hydrogens is 258 g/mol. The van der Waals surface area contributed by atoms with E-state index in [9.17, 15) is 9.59 Å². The van der Waals surface area contributed by atoms with Crippen molar-refractivity contribution in [1.29, 1.82) is 0 Å². The first-order valence-electron chi connectivity index (χ1n) is 6.90. The number of aromatic nitrogens is 3. The molecule has 7 heteroatoms. The van der Waals surface area contributed by atoms with Gasteiger partial charge in [-0.3, -0.25) is 9.59 Å². The Bertz CT molecular complexity index is 523. The van der Waals surface area contributed by atoms with Crippen molar-refractivity contribution in [2.24, 2.45) is 0 Å². The van der Waals surface area contributed by atoms with E-state index in [1.807, 2.05) is 13.8 Å². The molecule has 1 aromatic heterocycles. The van der Waals surface area contributed by atoms with Crippen molar-refractivity contribution in [2.75, 3.05) is 0 Å². The maximum Gasteiger partial charge on any atom is 0.246 e. The smallest absolute Gasteiger partial charge is 0.246 e. The maximum atomic E-state index is 12.5.